The molecule has 0 spiro atoms. The molecule has 0 aromatic heterocycles. The van der Waals surface area contributed by atoms with Crippen LogP contribution in [0.3, 0.4) is 0 Å². The maximum Gasteiger partial charge on any atom is 0.122 e. The first-order chi connectivity index (χ1) is 10.8. The van der Waals surface area contributed by atoms with Crippen molar-refractivity contribution in [2.45, 2.75) is 64.9 Å². The van der Waals surface area contributed by atoms with Gasteiger partial charge in [0, 0.05) is 0 Å². The predicted molar refractivity (Wildman–Crippen MR) is 91.5 cm³/mol. The molecule has 0 saturated carbocycles. The normalized spacial score (nSPS) is 12.3. The highest BCUT2D eigenvalue weighted by atomic mass is 16.5. The lowest BCUT2D eigenvalue weighted by molar-refractivity contribution is 0.0131. The van der Waals surface area contributed by atoms with Gasteiger partial charge in [0.05, 0.1) is 19.3 Å². The third kappa shape index (κ3) is 8.40. The molecule has 0 amide bonds. The Morgan fingerprint density at radius 1 is 1.05 bits per heavy atom. The zero-order valence-electron chi connectivity index (χ0n) is 14.2. The number of aliphatic hydroxyl groups excluding tert-OH is 1. The molecule has 0 bridgehead atoms. The third-order valence-corrected chi connectivity index (χ3v) is 3.74. The molecule has 1 aromatic carbocycles. The van der Waals surface area contributed by atoms with Gasteiger partial charge in [0.15, 0.2) is 0 Å². The van der Waals surface area contributed by atoms with Crippen LogP contribution < -0.4 is 4.74 Å². The molecule has 1 rings (SSSR count). The van der Waals surface area contributed by atoms with E-state index in [4.69, 9.17) is 14.6 Å². The summed E-state index contributed by atoms with van der Waals surface area (Å²) in [7, 11) is 0. The van der Waals surface area contributed by atoms with Gasteiger partial charge in [-0.1, -0.05) is 57.2 Å². The number of para-hydroxylation sites is 1. The van der Waals surface area contributed by atoms with Crippen LogP contribution in [-0.2, 0) is 11.2 Å². The molecule has 0 radical (unpaired) electrons. The Bertz CT molecular complexity index is 379. The lowest BCUT2D eigenvalue weighted by Gasteiger charge is -2.16. The first-order valence-corrected chi connectivity index (χ1v) is 8.71. The van der Waals surface area contributed by atoms with Gasteiger partial charge in [-0.05, 0) is 31.4 Å². The number of aryl methyl sites for hydroxylation is 1. The van der Waals surface area contributed by atoms with E-state index in [0.29, 0.717) is 13.2 Å². The van der Waals surface area contributed by atoms with E-state index in [-0.39, 0.29) is 12.7 Å². The van der Waals surface area contributed by atoms with Gasteiger partial charge >= 0.3 is 0 Å². The van der Waals surface area contributed by atoms with Crippen LogP contribution in [0.15, 0.2) is 24.3 Å². The van der Waals surface area contributed by atoms with Gasteiger partial charge in [0.1, 0.15) is 12.4 Å². The quantitative estimate of drug-likeness (QED) is 0.550. The van der Waals surface area contributed by atoms with Crippen LogP contribution in [0.25, 0.3) is 0 Å². The molecule has 0 saturated heterocycles. The Kier molecular flexibility index (Phi) is 10.8. The Morgan fingerprint density at radius 3 is 2.55 bits per heavy atom. The second-order valence-corrected chi connectivity index (χ2v) is 5.84. The molecule has 1 unspecified atom stereocenters. The van der Waals surface area contributed by atoms with E-state index in [9.17, 15) is 0 Å². The smallest absolute Gasteiger partial charge is 0.122 e. The summed E-state index contributed by atoms with van der Waals surface area (Å²) < 4.78 is 11.3. The molecular formula is C19H32O3. The lowest BCUT2D eigenvalue weighted by atomic mass is 10.0. The number of hydrogen-bond donors (Lipinski definition) is 1. The van der Waals surface area contributed by atoms with Crippen LogP contribution in [0.1, 0.15) is 57.9 Å². The van der Waals surface area contributed by atoms with E-state index in [0.717, 1.165) is 12.2 Å². The minimum Gasteiger partial charge on any atom is -0.491 e. The first kappa shape index (κ1) is 19.0. The number of aliphatic hydroxyl groups is 1. The Balaban J connectivity index is 2.31. The zero-order chi connectivity index (χ0) is 16.0. The van der Waals surface area contributed by atoms with E-state index in [1.807, 2.05) is 19.1 Å². The van der Waals surface area contributed by atoms with Crippen LogP contribution in [0.5, 0.6) is 5.75 Å². The molecule has 0 aliphatic carbocycles. The molecule has 0 fully saturated rings. The van der Waals surface area contributed by atoms with Gasteiger partial charge in [-0.25, -0.2) is 0 Å². The monoisotopic (exact) mass is 308 g/mol. The maximum atomic E-state index is 8.75. The van der Waals surface area contributed by atoms with Crippen molar-refractivity contribution < 1.29 is 14.6 Å². The van der Waals surface area contributed by atoms with Crippen molar-refractivity contribution >= 4 is 0 Å². The van der Waals surface area contributed by atoms with E-state index in [2.05, 4.69) is 19.1 Å². The highest BCUT2D eigenvalue weighted by Gasteiger charge is 2.06. The van der Waals surface area contributed by atoms with E-state index in [1.54, 1.807) is 0 Å². The van der Waals surface area contributed by atoms with Crippen molar-refractivity contribution in [3.05, 3.63) is 29.8 Å². The fourth-order valence-corrected chi connectivity index (χ4v) is 2.46. The van der Waals surface area contributed by atoms with Gasteiger partial charge in [-0.3, -0.25) is 0 Å². The summed E-state index contributed by atoms with van der Waals surface area (Å²) in [6, 6.07) is 8.27. The molecule has 3 heteroatoms. The Hall–Kier alpha value is -1.06. The van der Waals surface area contributed by atoms with Gasteiger partial charge in [0.2, 0.25) is 0 Å². The molecular weight excluding hydrogens is 276 g/mol. The van der Waals surface area contributed by atoms with Crippen molar-refractivity contribution in [3.63, 3.8) is 0 Å². The SMILES string of the molecule is CCCCCCCCc1ccccc1OCC(C)OCCO. The molecule has 1 aromatic rings. The standard InChI is InChI=1S/C19H32O3/c1-3-4-5-6-7-8-11-18-12-9-10-13-19(18)22-16-17(2)21-15-14-20/h9-10,12-13,17,20H,3-8,11,14-16H2,1-2H3. The van der Waals surface area contributed by atoms with Crippen LogP contribution in [0.4, 0.5) is 0 Å². The number of benzene rings is 1. The maximum absolute atomic E-state index is 8.75. The Morgan fingerprint density at radius 2 is 1.77 bits per heavy atom. The van der Waals surface area contributed by atoms with Crippen molar-refractivity contribution in [2.24, 2.45) is 0 Å². The topological polar surface area (TPSA) is 38.7 Å². The highest BCUT2D eigenvalue weighted by molar-refractivity contribution is 5.33. The predicted octanol–water partition coefficient (Wildman–Crippen LogP) is 4.37. The molecule has 126 valence electrons. The van der Waals surface area contributed by atoms with Gasteiger partial charge in [-0.2, -0.15) is 0 Å². The number of rotatable bonds is 13. The average molecular weight is 308 g/mol. The lowest BCUT2D eigenvalue weighted by Crippen LogP contribution is -2.20. The summed E-state index contributed by atoms with van der Waals surface area (Å²) >= 11 is 0. The van der Waals surface area contributed by atoms with Crippen molar-refractivity contribution in [3.8, 4) is 5.75 Å². The minimum atomic E-state index is -0.00532. The van der Waals surface area contributed by atoms with Gasteiger partial charge in [-0.15, -0.1) is 0 Å². The Labute approximate surface area is 135 Å². The summed E-state index contributed by atoms with van der Waals surface area (Å²) in [4.78, 5) is 0. The molecule has 22 heavy (non-hydrogen) atoms. The number of hydrogen-bond acceptors (Lipinski definition) is 3. The summed E-state index contributed by atoms with van der Waals surface area (Å²) in [5.41, 5.74) is 1.28. The fourth-order valence-electron chi connectivity index (χ4n) is 2.46. The summed E-state index contributed by atoms with van der Waals surface area (Å²) in [6.07, 6.45) is 8.93. The van der Waals surface area contributed by atoms with E-state index < -0.39 is 0 Å². The molecule has 0 aliphatic rings. The summed E-state index contributed by atoms with van der Waals surface area (Å²) in [5.74, 6) is 0.968. The third-order valence-electron chi connectivity index (χ3n) is 3.74. The minimum absolute atomic E-state index is 0.00532. The summed E-state index contributed by atoms with van der Waals surface area (Å²) in [6.45, 7) is 5.15. The molecule has 1 N–H and O–H groups in total. The van der Waals surface area contributed by atoms with Crippen LogP contribution >= 0.6 is 0 Å². The molecule has 0 heterocycles. The average Bonchev–Trinajstić information content (AvgIpc) is 2.55. The van der Waals surface area contributed by atoms with Crippen LogP contribution in [-0.4, -0.2) is 31.0 Å². The van der Waals surface area contributed by atoms with Gasteiger partial charge < -0.3 is 14.6 Å². The van der Waals surface area contributed by atoms with Crippen molar-refractivity contribution in [2.75, 3.05) is 19.8 Å². The zero-order valence-corrected chi connectivity index (χ0v) is 14.2. The van der Waals surface area contributed by atoms with Crippen molar-refractivity contribution in [1.82, 2.24) is 0 Å². The molecule has 1 atom stereocenters. The van der Waals surface area contributed by atoms with E-state index >= 15 is 0 Å². The molecule has 0 aliphatic heterocycles. The second kappa shape index (κ2) is 12.5. The number of unbranched alkanes of at least 4 members (excludes halogenated alkanes) is 5. The van der Waals surface area contributed by atoms with Gasteiger partial charge in [0.25, 0.3) is 0 Å². The second-order valence-electron chi connectivity index (χ2n) is 5.84. The van der Waals surface area contributed by atoms with Crippen LogP contribution in [0.2, 0.25) is 0 Å². The first-order valence-electron chi connectivity index (χ1n) is 8.71. The van der Waals surface area contributed by atoms with Crippen LogP contribution in [0, 0.1) is 0 Å². The number of ether oxygens (including phenoxy) is 2. The highest BCUT2D eigenvalue weighted by Crippen LogP contribution is 2.21. The van der Waals surface area contributed by atoms with Crippen molar-refractivity contribution in [1.29, 1.82) is 0 Å². The largest absolute Gasteiger partial charge is 0.491 e. The van der Waals surface area contributed by atoms with E-state index in [1.165, 1.54) is 44.1 Å². The molecule has 3 nitrogen and oxygen atoms in total. The summed E-state index contributed by atoms with van der Waals surface area (Å²) in [5, 5.41) is 8.75. The fraction of sp³-hybridized carbons (Fsp3) is 0.684.